The summed E-state index contributed by atoms with van der Waals surface area (Å²) < 4.78 is 15.0. The van der Waals surface area contributed by atoms with Crippen molar-refractivity contribution in [1.29, 1.82) is 0 Å². The molecule has 8 heteroatoms. The van der Waals surface area contributed by atoms with Crippen molar-refractivity contribution < 1.29 is 14.3 Å². The lowest BCUT2D eigenvalue weighted by Gasteiger charge is -2.38. The molecule has 2 aliphatic heterocycles. The van der Waals surface area contributed by atoms with Crippen molar-refractivity contribution in [3.8, 4) is 5.75 Å². The lowest BCUT2D eigenvalue weighted by molar-refractivity contribution is -0.128. The summed E-state index contributed by atoms with van der Waals surface area (Å²) in [5.41, 5.74) is 3.13. The van der Waals surface area contributed by atoms with Gasteiger partial charge in [-0.1, -0.05) is 12.1 Å². The standard InChI is InChI=1S/C24H24FN5O2/c1-16-22(23(17-3-2-4-20(31)15-17)30-21(27-16)9-10-26-30)24(32)29-13-11-28(12-14-29)19-7-5-18(25)6-8-19/h2-10,15,23,27,31H,11-14H2,1H3. The molecular weight excluding hydrogens is 409 g/mol. The minimum absolute atomic E-state index is 0.0525. The van der Waals surface area contributed by atoms with Crippen LogP contribution in [0, 0.1) is 5.82 Å². The highest BCUT2D eigenvalue weighted by Gasteiger charge is 2.35. The van der Waals surface area contributed by atoms with Gasteiger partial charge in [-0.15, -0.1) is 0 Å². The van der Waals surface area contributed by atoms with Gasteiger partial charge in [0.05, 0.1) is 11.8 Å². The number of anilines is 2. The lowest BCUT2D eigenvalue weighted by Crippen LogP contribution is -2.50. The highest BCUT2D eigenvalue weighted by Crippen LogP contribution is 2.37. The van der Waals surface area contributed by atoms with Crippen molar-refractivity contribution in [1.82, 2.24) is 14.7 Å². The number of rotatable bonds is 3. The van der Waals surface area contributed by atoms with E-state index in [1.807, 2.05) is 24.0 Å². The first-order valence-corrected chi connectivity index (χ1v) is 10.6. The minimum Gasteiger partial charge on any atom is -0.508 e. The van der Waals surface area contributed by atoms with Gasteiger partial charge < -0.3 is 20.2 Å². The zero-order chi connectivity index (χ0) is 22.2. The fraction of sp³-hybridized carbons (Fsp3) is 0.250. The summed E-state index contributed by atoms with van der Waals surface area (Å²) >= 11 is 0. The summed E-state index contributed by atoms with van der Waals surface area (Å²) in [7, 11) is 0. The van der Waals surface area contributed by atoms with E-state index in [9.17, 15) is 14.3 Å². The van der Waals surface area contributed by atoms with Gasteiger partial charge in [0.2, 0.25) is 0 Å². The molecule has 2 aliphatic rings. The van der Waals surface area contributed by atoms with Crippen molar-refractivity contribution in [3.63, 3.8) is 0 Å². The molecule has 0 radical (unpaired) electrons. The second-order valence-electron chi connectivity index (χ2n) is 8.08. The van der Waals surface area contributed by atoms with Crippen LogP contribution in [-0.2, 0) is 4.79 Å². The van der Waals surface area contributed by atoms with Gasteiger partial charge in [0.25, 0.3) is 5.91 Å². The maximum absolute atomic E-state index is 13.7. The summed E-state index contributed by atoms with van der Waals surface area (Å²) in [4.78, 5) is 17.7. The highest BCUT2D eigenvalue weighted by atomic mass is 19.1. The third-order valence-corrected chi connectivity index (χ3v) is 6.08. The van der Waals surface area contributed by atoms with E-state index in [1.165, 1.54) is 12.1 Å². The number of aromatic nitrogens is 2. The molecule has 5 rings (SSSR count). The van der Waals surface area contributed by atoms with E-state index in [1.54, 1.807) is 41.2 Å². The summed E-state index contributed by atoms with van der Waals surface area (Å²) in [6.45, 7) is 4.35. The number of fused-ring (bicyclic) bond motifs is 1. The fourth-order valence-electron chi connectivity index (χ4n) is 4.48. The van der Waals surface area contributed by atoms with Crippen LogP contribution in [0.3, 0.4) is 0 Å². The van der Waals surface area contributed by atoms with Crippen LogP contribution in [0.1, 0.15) is 18.5 Å². The van der Waals surface area contributed by atoms with E-state index in [0.717, 1.165) is 22.8 Å². The van der Waals surface area contributed by atoms with Crippen LogP contribution in [0.25, 0.3) is 0 Å². The Kier molecular flexibility index (Phi) is 5.05. The van der Waals surface area contributed by atoms with Crippen LogP contribution >= 0.6 is 0 Å². The van der Waals surface area contributed by atoms with E-state index >= 15 is 0 Å². The van der Waals surface area contributed by atoms with E-state index in [0.29, 0.717) is 31.8 Å². The number of allylic oxidation sites excluding steroid dienone is 1. The average Bonchev–Trinajstić information content (AvgIpc) is 3.26. The van der Waals surface area contributed by atoms with Gasteiger partial charge in [-0.05, 0) is 48.9 Å². The topological polar surface area (TPSA) is 73.6 Å². The van der Waals surface area contributed by atoms with Gasteiger partial charge >= 0.3 is 0 Å². The Morgan fingerprint density at radius 1 is 1.09 bits per heavy atom. The smallest absolute Gasteiger partial charge is 0.254 e. The fourth-order valence-corrected chi connectivity index (χ4v) is 4.48. The number of halogens is 1. The number of hydrogen-bond acceptors (Lipinski definition) is 5. The number of benzene rings is 2. The van der Waals surface area contributed by atoms with Gasteiger partial charge in [-0.2, -0.15) is 5.10 Å². The Balaban J connectivity index is 1.41. The van der Waals surface area contributed by atoms with Gasteiger partial charge in [0, 0.05) is 43.6 Å². The van der Waals surface area contributed by atoms with Gasteiger partial charge in [0.15, 0.2) is 0 Å². The van der Waals surface area contributed by atoms with Crippen molar-refractivity contribution in [2.24, 2.45) is 0 Å². The molecule has 2 aromatic carbocycles. The van der Waals surface area contributed by atoms with Gasteiger partial charge in [-0.3, -0.25) is 4.79 Å². The number of piperazine rings is 1. The number of amides is 1. The van der Waals surface area contributed by atoms with Crippen LogP contribution in [0.4, 0.5) is 15.9 Å². The predicted octanol–water partition coefficient (Wildman–Crippen LogP) is 3.37. The van der Waals surface area contributed by atoms with Crippen LogP contribution in [-0.4, -0.2) is 51.9 Å². The van der Waals surface area contributed by atoms with Crippen molar-refractivity contribution in [2.45, 2.75) is 13.0 Å². The molecule has 164 valence electrons. The van der Waals surface area contributed by atoms with E-state index in [2.05, 4.69) is 15.3 Å². The number of nitrogens with zero attached hydrogens (tertiary/aromatic N) is 4. The zero-order valence-corrected chi connectivity index (χ0v) is 17.7. The maximum atomic E-state index is 13.7. The number of carbonyl (C=O) groups is 1. The number of aromatic hydroxyl groups is 1. The summed E-state index contributed by atoms with van der Waals surface area (Å²) in [6, 6.07) is 14.8. The molecule has 0 bridgehead atoms. The number of phenols is 1. The molecule has 1 unspecified atom stereocenters. The molecule has 3 heterocycles. The zero-order valence-electron chi connectivity index (χ0n) is 17.7. The summed E-state index contributed by atoms with van der Waals surface area (Å²) in [5.74, 6) is 0.634. The Morgan fingerprint density at radius 3 is 2.56 bits per heavy atom. The van der Waals surface area contributed by atoms with Crippen LogP contribution in [0.5, 0.6) is 5.75 Å². The molecule has 3 aromatic rings. The van der Waals surface area contributed by atoms with E-state index in [4.69, 9.17) is 0 Å². The largest absolute Gasteiger partial charge is 0.508 e. The average molecular weight is 433 g/mol. The summed E-state index contributed by atoms with van der Waals surface area (Å²) in [5, 5.41) is 17.8. The first kappa shape index (κ1) is 20.1. The van der Waals surface area contributed by atoms with Crippen molar-refractivity contribution in [2.75, 3.05) is 36.4 Å². The number of phenolic OH excluding ortho intramolecular Hbond substituents is 1. The molecule has 1 aromatic heterocycles. The first-order chi connectivity index (χ1) is 15.5. The maximum Gasteiger partial charge on any atom is 0.254 e. The monoisotopic (exact) mass is 433 g/mol. The first-order valence-electron chi connectivity index (χ1n) is 10.6. The molecular formula is C24H24FN5O2. The summed E-state index contributed by atoms with van der Waals surface area (Å²) in [6.07, 6.45) is 1.69. The molecule has 1 amide bonds. The molecule has 7 nitrogen and oxygen atoms in total. The second-order valence-corrected chi connectivity index (χ2v) is 8.08. The molecule has 1 saturated heterocycles. The Hall–Kier alpha value is -3.81. The molecule has 32 heavy (non-hydrogen) atoms. The quantitative estimate of drug-likeness (QED) is 0.663. The highest BCUT2D eigenvalue weighted by molar-refractivity contribution is 5.97. The SMILES string of the molecule is CC1=C(C(=O)N2CCN(c3ccc(F)cc3)CC2)C(c2cccc(O)c2)n2nccc2N1. The predicted molar refractivity (Wildman–Crippen MR) is 120 cm³/mol. The van der Waals surface area contributed by atoms with Crippen molar-refractivity contribution >= 4 is 17.4 Å². The third-order valence-electron chi connectivity index (χ3n) is 6.08. The molecule has 1 atom stereocenters. The molecule has 1 fully saturated rings. The number of hydrogen-bond donors (Lipinski definition) is 2. The molecule has 0 saturated carbocycles. The second kappa shape index (κ2) is 8.03. The van der Waals surface area contributed by atoms with Gasteiger partial charge in [0.1, 0.15) is 23.4 Å². The minimum atomic E-state index is -0.434. The molecule has 0 spiro atoms. The third kappa shape index (κ3) is 3.57. The van der Waals surface area contributed by atoms with Crippen molar-refractivity contribution in [3.05, 3.63) is 83.4 Å². The molecule has 0 aliphatic carbocycles. The van der Waals surface area contributed by atoms with Gasteiger partial charge in [-0.25, -0.2) is 9.07 Å². The lowest BCUT2D eigenvalue weighted by atomic mass is 9.94. The number of nitrogens with one attached hydrogen (secondary N) is 1. The van der Waals surface area contributed by atoms with E-state index < -0.39 is 6.04 Å². The van der Waals surface area contributed by atoms with Crippen LogP contribution < -0.4 is 10.2 Å². The Bertz CT molecular complexity index is 1180. The number of carbonyl (C=O) groups excluding carboxylic acids is 1. The molecule has 2 N–H and O–H groups in total. The Morgan fingerprint density at radius 2 is 1.84 bits per heavy atom. The Labute approximate surface area is 185 Å². The van der Waals surface area contributed by atoms with Crippen LogP contribution in [0.15, 0.2) is 72.1 Å². The normalized spacial score (nSPS) is 18.4. The van der Waals surface area contributed by atoms with E-state index in [-0.39, 0.29) is 17.5 Å². The van der Waals surface area contributed by atoms with Crippen LogP contribution in [0.2, 0.25) is 0 Å².